The number of halogens is 1. The number of benzene rings is 1. The smallest absolute Gasteiger partial charge is 0.274 e. The Morgan fingerprint density at radius 2 is 2.11 bits per heavy atom. The van der Waals surface area contributed by atoms with E-state index in [-0.39, 0.29) is 17.0 Å². The van der Waals surface area contributed by atoms with Crippen molar-refractivity contribution in [1.82, 2.24) is 19.6 Å². The number of nitrogens with two attached hydrogens (primary N) is 1. The normalized spacial score (nSPS) is 11.1. The van der Waals surface area contributed by atoms with Crippen molar-refractivity contribution >= 4 is 11.5 Å². The van der Waals surface area contributed by atoms with Gasteiger partial charge in [0.05, 0.1) is 5.69 Å². The molecule has 0 amide bonds. The highest BCUT2D eigenvalue weighted by Gasteiger charge is 2.09. The summed E-state index contributed by atoms with van der Waals surface area (Å²) in [6, 6.07) is 5.71. The SMILES string of the molecule is Cc1cc(=O)n2[nH]c(-c3ccc(N)c(F)c3)nc2n1. The number of hydrogen-bond donors (Lipinski definition) is 2. The Labute approximate surface area is 106 Å². The fraction of sp³-hybridized carbons (Fsp3) is 0.0833. The lowest BCUT2D eigenvalue weighted by atomic mass is 10.2. The molecule has 0 saturated heterocycles. The minimum atomic E-state index is -0.533. The molecule has 0 aliphatic carbocycles. The molecule has 0 bridgehead atoms. The zero-order valence-electron chi connectivity index (χ0n) is 10.0. The molecule has 3 rings (SSSR count). The van der Waals surface area contributed by atoms with Gasteiger partial charge in [0, 0.05) is 17.3 Å². The van der Waals surface area contributed by atoms with Gasteiger partial charge in [-0.15, -0.1) is 0 Å². The first-order valence-corrected chi connectivity index (χ1v) is 5.56. The predicted molar refractivity (Wildman–Crippen MR) is 68.2 cm³/mol. The van der Waals surface area contributed by atoms with Crippen molar-refractivity contribution in [2.24, 2.45) is 0 Å². The summed E-state index contributed by atoms with van der Waals surface area (Å²) < 4.78 is 14.6. The lowest BCUT2D eigenvalue weighted by Crippen LogP contribution is -2.14. The second-order valence-electron chi connectivity index (χ2n) is 4.18. The topological polar surface area (TPSA) is 89.1 Å². The van der Waals surface area contributed by atoms with Gasteiger partial charge in [-0.05, 0) is 25.1 Å². The fourth-order valence-corrected chi connectivity index (χ4v) is 1.80. The molecule has 0 spiro atoms. The highest BCUT2D eigenvalue weighted by atomic mass is 19.1. The van der Waals surface area contributed by atoms with Crippen molar-refractivity contribution in [3.63, 3.8) is 0 Å². The van der Waals surface area contributed by atoms with E-state index in [1.54, 1.807) is 13.0 Å². The lowest BCUT2D eigenvalue weighted by molar-refractivity contribution is 0.633. The molecule has 7 heteroatoms. The van der Waals surface area contributed by atoms with E-state index in [9.17, 15) is 9.18 Å². The molecular weight excluding hydrogens is 249 g/mol. The monoisotopic (exact) mass is 259 g/mol. The van der Waals surface area contributed by atoms with Crippen LogP contribution < -0.4 is 11.3 Å². The van der Waals surface area contributed by atoms with Gasteiger partial charge in [0.1, 0.15) is 5.82 Å². The van der Waals surface area contributed by atoms with E-state index in [1.165, 1.54) is 22.7 Å². The van der Waals surface area contributed by atoms with Crippen LogP contribution in [0.4, 0.5) is 10.1 Å². The Morgan fingerprint density at radius 3 is 2.84 bits per heavy atom. The Kier molecular flexibility index (Phi) is 2.34. The molecule has 3 N–H and O–H groups in total. The first-order valence-electron chi connectivity index (χ1n) is 5.56. The summed E-state index contributed by atoms with van der Waals surface area (Å²) in [7, 11) is 0. The van der Waals surface area contributed by atoms with E-state index >= 15 is 0 Å². The van der Waals surface area contributed by atoms with Crippen molar-refractivity contribution in [3.05, 3.63) is 46.1 Å². The largest absolute Gasteiger partial charge is 0.396 e. The van der Waals surface area contributed by atoms with Crippen molar-refractivity contribution in [2.75, 3.05) is 5.73 Å². The summed E-state index contributed by atoms with van der Waals surface area (Å²) in [5, 5.41) is 2.78. The van der Waals surface area contributed by atoms with Gasteiger partial charge in [0.2, 0.25) is 0 Å². The Morgan fingerprint density at radius 1 is 1.32 bits per heavy atom. The first kappa shape index (κ1) is 11.4. The minimum absolute atomic E-state index is 0.0611. The van der Waals surface area contributed by atoms with Crippen LogP contribution in [0.1, 0.15) is 5.69 Å². The van der Waals surface area contributed by atoms with E-state index in [4.69, 9.17) is 5.73 Å². The van der Waals surface area contributed by atoms with E-state index in [0.717, 1.165) is 0 Å². The summed E-state index contributed by atoms with van der Waals surface area (Å²) >= 11 is 0. The zero-order chi connectivity index (χ0) is 13.6. The maximum atomic E-state index is 13.4. The number of aryl methyl sites for hydroxylation is 1. The third-order valence-electron chi connectivity index (χ3n) is 2.73. The number of rotatable bonds is 1. The van der Waals surface area contributed by atoms with Gasteiger partial charge in [-0.25, -0.2) is 9.37 Å². The standard InChI is InChI=1S/C12H10FN5O/c1-6-4-10(19)18-12(15-6)16-11(17-18)7-2-3-9(14)8(13)5-7/h2-5H,14H2,1H3,(H,15,16,17). The summed E-state index contributed by atoms with van der Waals surface area (Å²) in [6.45, 7) is 1.71. The molecule has 0 saturated carbocycles. The van der Waals surface area contributed by atoms with Crippen LogP contribution in [-0.2, 0) is 0 Å². The molecule has 0 radical (unpaired) electrons. The number of anilines is 1. The van der Waals surface area contributed by atoms with Crippen LogP contribution in [-0.4, -0.2) is 19.6 Å². The van der Waals surface area contributed by atoms with Crippen LogP contribution in [0.25, 0.3) is 17.2 Å². The number of hydrogen-bond acceptors (Lipinski definition) is 4. The van der Waals surface area contributed by atoms with Crippen molar-refractivity contribution in [1.29, 1.82) is 0 Å². The third kappa shape index (κ3) is 1.85. The van der Waals surface area contributed by atoms with Gasteiger partial charge < -0.3 is 5.73 Å². The number of aromatic amines is 1. The zero-order valence-corrected chi connectivity index (χ0v) is 10.0. The van der Waals surface area contributed by atoms with Crippen LogP contribution in [0.2, 0.25) is 0 Å². The highest BCUT2D eigenvalue weighted by Crippen LogP contribution is 2.19. The number of aromatic nitrogens is 4. The number of nitrogens with zero attached hydrogens (tertiary/aromatic N) is 3. The van der Waals surface area contributed by atoms with Crippen LogP contribution in [0.5, 0.6) is 0 Å². The average molecular weight is 259 g/mol. The molecule has 6 nitrogen and oxygen atoms in total. The molecule has 96 valence electrons. The maximum absolute atomic E-state index is 13.4. The number of H-pyrrole nitrogens is 1. The molecule has 0 aliphatic rings. The van der Waals surface area contributed by atoms with Gasteiger partial charge in [-0.2, -0.15) is 9.50 Å². The van der Waals surface area contributed by atoms with E-state index in [1.807, 2.05) is 0 Å². The third-order valence-corrected chi connectivity index (χ3v) is 2.73. The van der Waals surface area contributed by atoms with Crippen LogP contribution in [0, 0.1) is 12.7 Å². The van der Waals surface area contributed by atoms with Gasteiger partial charge in [0.15, 0.2) is 5.82 Å². The molecule has 3 aromatic rings. The van der Waals surface area contributed by atoms with Crippen molar-refractivity contribution in [2.45, 2.75) is 6.92 Å². The molecule has 2 aromatic heterocycles. The highest BCUT2D eigenvalue weighted by molar-refractivity contribution is 5.60. The molecule has 0 atom stereocenters. The van der Waals surface area contributed by atoms with Gasteiger partial charge >= 0.3 is 0 Å². The van der Waals surface area contributed by atoms with Gasteiger partial charge in [-0.3, -0.25) is 9.89 Å². The van der Waals surface area contributed by atoms with Gasteiger partial charge in [0.25, 0.3) is 11.3 Å². The molecule has 0 aliphatic heterocycles. The second-order valence-corrected chi connectivity index (χ2v) is 4.18. The predicted octanol–water partition coefficient (Wildman–Crippen LogP) is 1.11. The minimum Gasteiger partial charge on any atom is -0.396 e. The maximum Gasteiger partial charge on any atom is 0.274 e. The molecule has 0 unspecified atom stereocenters. The molecule has 1 aromatic carbocycles. The Bertz CT molecular complexity index is 836. The Hall–Kier alpha value is -2.70. The molecular formula is C12H10FN5O. The fourth-order valence-electron chi connectivity index (χ4n) is 1.80. The number of nitrogen functional groups attached to an aromatic ring is 1. The summed E-state index contributed by atoms with van der Waals surface area (Å²) in [5.41, 5.74) is 6.28. The lowest BCUT2D eigenvalue weighted by Gasteiger charge is -1.98. The van der Waals surface area contributed by atoms with Crippen LogP contribution in [0.3, 0.4) is 0 Å². The van der Waals surface area contributed by atoms with Gasteiger partial charge in [-0.1, -0.05) is 0 Å². The Balaban J connectivity index is 2.23. The summed E-state index contributed by atoms with van der Waals surface area (Å²) in [5.74, 6) is 0.0702. The summed E-state index contributed by atoms with van der Waals surface area (Å²) in [4.78, 5) is 20.0. The van der Waals surface area contributed by atoms with Crippen molar-refractivity contribution in [3.8, 4) is 11.4 Å². The van der Waals surface area contributed by atoms with Crippen LogP contribution >= 0.6 is 0 Å². The molecule has 19 heavy (non-hydrogen) atoms. The first-order chi connectivity index (χ1) is 9.04. The van der Waals surface area contributed by atoms with Crippen molar-refractivity contribution < 1.29 is 4.39 Å². The number of nitrogens with one attached hydrogen (secondary N) is 1. The van der Waals surface area contributed by atoms with Crippen LogP contribution in [0.15, 0.2) is 29.1 Å². The van der Waals surface area contributed by atoms with E-state index in [2.05, 4.69) is 15.1 Å². The van der Waals surface area contributed by atoms with E-state index < -0.39 is 5.82 Å². The second kappa shape index (κ2) is 3.91. The number of fused-ring (bicyclic) bond motifs is 1. The molecule has 0 fully saturated rings. The molecule has 2 heterocycles. The average Bonchev–Trinajstić information content (AvgIpc) is 2.76. The summed E-state index contributed by atoms with van der Waals surface area (Å²) in [6.07, 6.45) is 0. The quantitative estimate of drug-likeness (QED) is 0.641. The van der Waals surface area contributed by atoms with E-state index in [0.29, 0.717) is 17.1 Å².